The van der Waals surface area contributed by atoms with Crippen molar-refractivity contribution in [2.45, 2.75) is 34.5 Å². The minimum absolute atomic E-state index is 0. The number of hydrogen-bond donors (Lipinski definition) is 1. The molecule has 2 N–H and O–H groups in total. The quantitative estimate of drug-likeness (QED) is 0.547. The maximum atomic E-state index is 5.37. The van der Waals surface area contributed by atoms with Crippen LogP contribution in [0.3, 0.4) is 0 Å². The smallest absolute Gasteiger partial charge is 0.0592 e. The van der Waals surface area contributed by atoms with Crippen molar-refractivity contribution in [1.82, 2.24) is 0 Å². The van der Waals surface area contributed by atoms with E-state index in [4.69, 9.17) is 5.73 Å². The van der Waals surface area contributed by atoms with Crippen LogP contribution in [0.4, 0.5) is 0 Å². The van der Waals surface area contributed by atoms with E-state index in [1.54, 1.807) is 0 Å². The molecule has 0 rings (SSSR count). The Morgan fingerprint density at radius 2 is 1.25 bits per heavy atom. The molecule has 0 aromatic rings. The van der Waals surface area contributed by atoms with Crippen LogP contribution in [0.1, 0.15) is 14.9 Å². The summed E-state index contributed by atoms with van der Waals surface area (Å²) in [5, 5.41) is 0. The van der Waals surface area contributed by atoms with Crippen LogP contribution in [0.5, 0.6) is 0 Å². The lowest BCUT2D eigenvalue weighted by Gasteiger charge is -2.09. The van der Waals surface area contributed by atoms with Crippen LogP contribution in [0.25, 0.3) is 0 Å². The van der Waals surface area contributed by atoms with Crippen molar-refractivity contribution in [3.05, 3.63) is 0 Å². The second-order valence-electron chi connectivity index (χ2n) is 2.76. The lowest BCUT2D eigenvalue weighted by molar-refractivity contribution is 1.29. The van der Waals surface area contributed by atoms with E-state index < -0.39 is 8.07 Å². The first-order chi connectivity index (χ1) is 2.56. The predicted octanol–water partition coefficient (Wildman–Crippen LogP) is 2.09. The second-order valence-corrected chi connectivity index (χ2v) is 8.29. The molecule has 1 nitrogen and oxygen atoms in total. The molecule has 0 aliphatic rings. The van der Waals surface area contributed by atoms with Gasteiger partial charge >= 0.3 is 0 Å². The van der Waals surface area contributed by atoms with E-state index in [1.807, 2.05) is 0 Å². The van der Waals surface area contributed by atoms with Crippen LogP contribution in [0.2, 0.25) is 19.6 Å². The Balaban J connectivity index is -0.000000125. The molecule has 0 heterocycles. The first-order valence-electron chi connectivity index (χ1n) is 2.26. The second kappa shape index (κ2) is 5.32. The average Bonchev–Trinajstić information content (AvgIpc) is 1.35. The summed E-state index contributed by atoms with van der Waals surface area (Å²) in [5.74, 6) is 0. The first-order valence-corrected chi connectivity index (χ1v) is 5.97. The Morgan fingerprint density at radius 1 is 1.12 bits per heavy atom. The van der Waals surface area contributed by atoms with Gasteiger partial charge in [-0.3, -0.25) is 0 Å². The summed E-state index contributed by atoms with van der Waals surface area (Å²) >= 11 is 0. The van der Waals surface area contributed by atoms with E-state index in [1.165, 1.54) is 0 Å². The highest BCUT2D eigenvalue weighted by molar-refractivity contribution is 6.76. The van der Waals surface area contributed by atoms with Gasteiger partial charge in [-0.1, -0.05) is 34.5 Å². The van der Waals surface area contributed by atoms with Crippen LogP contribution >= 0.6 is 0 Å². The van der Waals surface area contributed by atoms with E-state index in [9.17, 15) is 0 Å². The summed E-state index contributed by atoms with van der Waals surface area (Å²) < 4.78 is 0. The van der Waals surface area contributed by atoms with E-state index in [-0.39, 0.29) is 14.9 Å². The summed E-state index contributed by atoms with van der Waals surface area (Å²) in [4.78, 5) is 0. The zero-order valence-corrected chi connectivity index (χ0v) is 5.78. The molecule has 0 amide bonds. The molecule has 2 heteroatoms. The number of rotatable bonds is 1. The third kappa shape index (κ3) is 16.4. The lowest BCUT2D eigenvalue weighted by Crippen LogP contribution is -2.31. The maximum Gasteiger partial charge on any atom is 0.0592 e. The van der Waals surface area contributed by atoms with Gasteiger partial charge in [-0.25, -0.2) is 0 Å². The zero-order valence-electron chi connectivity index (χ0n) is 4.78. The van der Waals surface area contributed by atoms with Crippen molar-refractivity contribution in [3.8, 4) is 0 Å². The standard InChI is InChI=1S/C4H13NSi.2CH4/c1-6(2,3)4-5;;/h4-5H2,1-3H3;2*1H4. The molecule has 0 saturated carbocycles. The summed E-state index contributed by atoms with van der Waals surface area (Å²) in [5.41, 5.74) is 5.37. The van der Waals surface area contributed by atoms with E-state index in [0.717, 1.165) is 6.17 Å². The predicted molar refractivity (Wildman–Crippen MR) is 45.9 cm³/mol. The Morgan fingerprint density at radius 3 is 1.25 bits per heavy atom. The summed E-state index contributed by atoms with van der Waals surface area (Å²) in [6.45, 7) is 6.77. The topological polar surface area (TPSA) is 26.0 Å². The molecule has 0 radical (unpaired) electrons. The van der Waals surface area contributed by atoms with Crippen LogP contribution in [-0.4, -0.2) is 14.2 Å². The normalized spacial score (nSPS) is 9.00. The van der Waals surface area contributed by atoms with Crippen molar-refractivity contribution < 1.29 is 0 Å². The number of hydrogen-bond acceptors (Lipinski definition) is 1. The zero-order chi connectivity index (χ0) is 5.21. The van der Waals surface area contributed by atoms with Gasteiger partial charge in [0.1, 0.15) is 0 Å². The highest BCUT2D eigenvalue weighted by Crippen LogP contribution is 1.93. The number of nitrogens with two attached hydrogens (primary N) is 1. The van der Waals surface area contributed by atoms with Crippen molar-refractivity contribution in [2.75, 3.05) is 6.17 Å². The van der Waals surface area contributed by atoms with Gasteiger partial charge < -0.3 is 5.73 Å². The first kappa shape index (κ1) is 15.7. The van der Waals surface area contributed by atoms with Crippen LogP contribution < -0.4 is 5.73 Å². The Labute approximate surface area is 55.3 Å². The molecule has 0 saturated heterocycles. The molecule has 0 bridgehead atoms. The van der Waals surface area contributed by atoms with Crippen molar-refractivity contribution in [2.24, 2.45) is 5.73 Å². The fourth-order valence-corrected chi connectivity index (χ4v) is 0. The average molecular weight is 135 g/mol. The van der Waals surface area contributed by atoms with Gasteiger partial charge in [0, 0.05) is 0 Å². The van der Waals surface area contributed by atoms with Gasteiger partial charge in [0.05, 0.1) is 8.07 Å². The maximum absolute atomic E-state index is 5.37. The molecule has 0 aromatic carbocycles. The fraction of sp³-hybridized carbons (Fsp3) is 1.00. The highest BCUT2D eigenvalue weighted by Gasteiger charge is 2.07. The van der Waals surface area contributed by atoms with Crippen LogP contribution in [-0.2, 0) is 0 Å². The Bertz CT molecular complexity index is 38.3. The molecular weight excluding hydrogens is 114 g/mol. The monoisotopic (exact) mass is 135 g/mol. The third-order valence-corrected chi connectivity index (χ3v) is 1.84. The van der Waals surface area contributed by atoms with Gasteiger partial charge in [0.15, 0.2) is 0 Å². The molecule has 54 valence electrons. The van der Waals surface area contributed by atoms with Crippen LogP contribution in [0, 0.1) is 0 Å². The largest absolute Gasteiger partial charge is 0.333 e. The minimum atomic E-state index is -0.853. The molecule has 0 unspecified atom stereocenters. The fourth-order valence-electron chi connectivity index (χ4n) is 0. The summed E-state index contributed by atoms with van der Waals surface area (Å²) in [7, 11) is -0.853. The van der Waals surface area contributed by atoms with Crippen LogP contribution in [0.15, 0.2) is 0 Å². The lowest BCUT2D eigenvalue weighted by atomic mass is 11.5. The van der Waals surface area contributed by atoms with Gasteiger partial charge in [0.25, 0.3) is 0 Å². The highest BCUT2D eigenvalue weighted by atomic mass is 28.3. The minimum Gasteiger partial charge on any atom is -0.333 e. The molecule has 0 fully saturated rings. The van der Waals surface area contributed by atoms with Gasteiger partial charge in [-0.2, -0.15) is 0 Å². The van der Waals surface area contributed by atoms with Gasteiger partial charge in [-0.15, -0.1) is 0 Å². The molecule has 8 heavy (non-hydrogen) atoms. The molecule has 0 spiro atoms. The molecule has 0 aromatic heterocycles. The molecule has 0 atom stereocenters. The molecule has 0 aliphatic carbocycles. The Hall–Kier alpha value is 0.177. The van der Waals surface area contributed by atoms with E-state index >= 15 is 0 Å². The van der Waals surface area contributed by atoms with E-state index in [0.29, 0.717) is 0 Å². The Kier molecular flexibility index (Phi) is 10.4. The summed E-state index contributed by atoms with van der Waals surface area (Å²) in [6, 6.07) is 0. The SMILES string of the molecule is C.C.C[Si](C)(C)CN. The van der Waals surface area contributed by atoms with Gasteiger partial charge in [-0.05, 0) is 6.17 Å². The summed E-state index contributed by atoms with van der Waals surface area (Å²) in [6.07, 6.45) is 0.910. The third-order valence-electron chi connectivity index (χ3n) is 0.612. The molecular formula is C6H21NSi. The van der Waals surface area contributed by atoms with E-state index in [2.05, 4.69) is 19.6 Å². The molecule has 0 aliphatic heterocycles. The van der Waals surface area contributed by atoms with Crippen molar-refractivity contribution in [1.29, 1.82) is 0 Å². The van der Waals surface area contributed by atoms with Gasteiger partial charge in [0.2, 0.25) is 0 Å². The van der Waals surface area contributed by atoms with Crippen molar-refractivity contribution in [3.63, 3.8) is 0 Å². The van der Waals surface area contributed by atoms with Crippen molar-refractivity contribution >= 4 is 8.07 Å².